The number of pyridine rings is 3. The van der Waals surface area contributed by atoms with Crippen LogP contribution in [0.4, 0.5) is 13.2 Å². The molecule has 0 N–H and O–H groups in total. The number of para-hydroxylation sites is 1. The van der Waals surface area contributed by atoms with Crippen molar-refractivity contribution in [2.75, 3.05) is 0 Å². The van der Waals surface area contributed by atoms with Crippen LogP contribution in [0, 0.1) is 6.92 Å². The molecule has 0 saturated carbocycles. The van der Waals surface area contributed by atoms with Crippen LogP contribution in [0.25, 0.3) is 33.4 Å². The van der Waals surface area contributed by atoms with E-state index in [1.54, 1.807) is 36.7 Å². The van der Waals surface area contributed by atoms with E-state index >= 15 is 0 Å². The number of aryl methyl sites for hydroxylation is 1. The number of hydrogen-bond donors (Lipinski definition) is 0. The van der Waals surface area contributed by atoms with Crippen molar-refractivity contribution in [1.82, 2.24) is 24.7 Å². The lowest BCUT2D eigenvalue weighted by Crippen LogP contribution is -2.17. The summed E-state index contributed by atoms with van der Waals surface area (Å²) in [5.74, 6) is 0.912. The van der Waals surface area contributed by atoms with Crippen LogP contribution in [0.15, 0.2) is 79.4 Å². The van der Waals surface area contributed by atoms with Crippen LogP contribution in [0.3, 0.4) is 0 Å². The Hall–Kier alpha value is -4.27. The Labute approximate surface area is 192 Å². The van der Waals surface area contributed by atoms with Gasteiger partial charge in [-0.3, -0.25) is 14.6 Å². The summed E-state index contributed by atoms with van der Waals surface area (Å²) in [6.07, 6.45) is 1.62. The first kappa shape index (κ1) is 21.6. The quantitative estimate of drug-likeness (QED) is 0.311. The molecular formula is C25H18F3N5O. The Bertz CT molecular complexity index is 1450. The number of alkyl halides is 3. The molecule has 34 heavy (non-hydrogen) atoms. The first-order valence-electron chi connectivity index (χ1n) is 10.4. The largest absolute Gasteiger partial charge is 0.437 e. The molecule has 170 valence electrons. The fourth-order valence-corrected chi connectivity index (χ4v) is 3.62. The van der Waals surface area contributed by atoms with Crippen molar-refractivity contribution in [1.29, 1.82) is 0 Å². The van der Waals surface area contributed by atoms with Crippen LogP contribution in [0.5, 0.6) is 11.6 Å². The van der Waals surface area contributed by atoms with E-state index in [0.717, 1.165) is 21.1 Å². The van der Waals surface area contributed by atoms with Crippen LogP contribution >= 0.6 is 0 Å². The van der Waals surface area contributed by atoms with Gasteiger partial charge in [0.25, 0.3) is 0 Å². The highest BCUT2D eigenvalue weighted by molar-refractivity contribution is 5.80. The average Bonchev–Trinajstić information content (AvgIpc) is 3.23. The van der Waals surface area contributed by atoms with Crippen molar-refractivity contribution in [2.45, 2.75) is 19.6 Å². The second-order valence-corrected chi connectivity index (χ2v) is 7.72. The van der Waals surface area contributed by atoms with E-state index in [0.29, 0.717) is 34.1 Å². The minimum absolute atomic E-state index is 0.335. The van der Waals surface area contributed by atoms with Crippen molar-refractivity contribution in [3.05, 3.63) is 84.9 Å². The Morgan fingerprint density at radius 3 is 2.53 bits per heavy atom. The summed E-state index contributed by atoms with van der Waals surface area (Å²) in [5.41, 5.74) is 3.65. The van der Waals surface area contributed by atoms with Crippen molar-refractivity contribution in [3.8, 4) is 34.1 Å². The molecule has 9 heteroatoms. The van der Waals surface area contributed by atoms with E-state index in [2.05, 4.69) is 20.1 Å². The van der Waals surface area contributed by atoms with Gasteiger partial charge in [0.05, 0.1) is 17.4 Å². The maximum absolute atomic E-state index is 13.0. The van der Waals surface area contributed by atoms with Gasteiger partial charge in [-0.05, 0) is 48.9 Å². The van der Waals surface area contributed by atoms with Crippen molar-refractivity contribution in [3.63, 3.8) is 0 Å². The van der Waals surface area contributed by atoms with Gasteiger partial charge in [-0.25, -0.2) is 4.98 Å². The molecule has 0 aliphatic rings. The van der Waals surface area contributed by atoms with Gasteiger partial charge in [0.15, 0.2) is 0 Å². The van der Waals surface area contributed by atoms with Gasteiger partial charge in [-0.2, -0.15) is 18.3 Å². The molecule has 1 aromatic carbocycles. The van der Waals surface area contributed by atoms with Crippen LogP contribution in [-0.4, -0.2) is 30.9 Å². The summed E-state index contributed by atoms with van der Waals surface area (Å²) in [5, 5.41) is 5.18. The number of benzene rings is 1. The van der Waals surface area contributed by atoms with Gasteiger partial charge in [-0.15, -0.1) is 0 Å². The first-order chi connectivity index (χ1) is 16.4. The monoisotopic (exact) mass is 461 g/mol. The van der Waals surface area contributed by atoms with E-state index in [-0.39, 0.29) is 0 Å². The molecule has 4 aromatic heterocycles. The fourth-order valence-electron chi connectivity index (χ4n) is 3.62. The van der Waals surface area contributed by atoms with Gasteiger partial charge in [0.2, 0.25) is 5.88 Å². The molecule has 5 rings (SSSR count). The Morgan fingerprint density at radius 1 is 1.00 bits per heavy atom. The summed E-state index contributed by atoms with van der Waals surface area (Å²) in [6, 6.07) is 16.5. The molecule has 6 nitrogen and oxygen atoms in total. The molecule has 0 aliphatic heterocycles. The molecule has 0 spiro atoms. The Balaban J connectivity index is 1.47. The minimum atomic E-state index is -4.39. The summed E-state index contributed by atoms with van der Waals surface area (Å²) in [7, 11) is 0. The van der Waals surface area contributed by atoms with E-state index < -0.39 is 12.7 Å². The predicted octanol–water partition coefficient (Wildman–Crippen LogP) is 6.22. The maximum atomic E-state index is 13.0. The molecule has 0 amide bonds. The fraction of sp³-hybridized carbons (Fsp3) is 0.120. The van der Waals surface area contributed by atoms with Crippen LogP contribution in [0.1, 0.15) is 5.56 Å². The van der Waals surface area contributed by atoms with Gasteiger partial charge >= 0.3 is 6.18 Å². The molecule has 0 unspecified atom stereocenters. The molecule has 0 atom stereocenters. The van der Waals surface area contributed by atoms with Crippen molar-refractivity contribution in [2.24, 2.45) is 0 Å². The zero-order chi connectivity index (χ0) is 23.7. The van der Waals surface area contributed by atoms with Gasteiger partial charge < -0.3 is 4.74 Å². The maximum Gasteiger partial charge on any atom is 0.408 e. The molecule has 4 heterocycles. The predicted molar refractivity (Wildman–Crippen MR) is 121 cm³/mol. The highest BCUT2D eigenvalue weighted by Gasteiger charge is 2.29. The van der Waals surface area contributed by atoms with E-state index in [1.807, 2.05) is 37.3 Å². The third kappa shape index (κ3) is 4.59. The van der Waals surface area contributed by atoms with E-state index in [4.69, 9.17) is 4.74 Å². The topological polar surface area (TPSA) is 65.7 Å². The summed E-state index contributed by atoms with van der Waals surface area (Å²) in [4.78, 5) is 12.9. The third-order valence-corrected chi connectivity index (χ3v) is 5.16. The van der Waals surface area contributed by atoms with Crippen LogP contribution < -0.4 is 4.74 Å². The van der Waals surface area contributed by atoms with E-state index in [9.17, 15) is 13.2 Å². The lowest BCUT2D eigenvalue weighted by atomic mass is 10.1. The highest BCUT2D eigenvalue weighted by atomic mass is 19.4. The standard InChI is InChI=1S/C25H18F3N5O/c1-16-12-18-4-2-3-5-21(18)31-24(16)34-19-6-7-22(30-13-19)23-20(17-8-10-29-11-9-17)14-33(32-23)15-25(26,27)28/h2-14H,15H2,1H3. The SMILES string of the molecule is Cc1cc2ccccc2nc1Oc1ccc(-c2nn(CC(F)(F)F)cc2-c2ccncc2)nc1. The first-order valence-corrected chi connectivity index (χ1v) is 10.4. The molecule has 0 saturated heterocycles. The third-order valence-electron chi connectivity index (χ3n) is 5.16. The number of hydrogen-bond acceptors (Lipinski definition) is 5. The van der Waals surface area contributed by atoms with Crippen LogP contribution in [-0.2, 0) is 6.54 Å². The molecule has 0 aliphatic carbocycles. The smallest absolute Gasteiger partial charge is 0.408 e. The van der Waals surface area contributed by atoms with E-state index in [1.165, 1.54) is 12.4 Å². The van der Waals surface area contributed by atoms with Gasteiger partial charge in [-0.1, -0.05) is 18.2 Å². The van der Waals surface area contributed by atoms with Crippen molar-refractivity contribution < 1.29 is 17.9 Å². The number of halogens is 3. The minimum Gasteiger partial charge on any atom is -0.437 e. The average molecular weight is 461 g/mol. The molecular weight excluding hydrogens is 443 g/mol. The summed E-state index contributed by atoms with van der Waals surface area (Å²) < 4.78 is 45.7. The normalized spacial score (nSPS) is 11.6. The zero-order valence-electron chi connectivity index (χ0n) is 18.0. The highest BCUT2D eigenvalue weighted by Crippen LogP contribution is 2.32. The lowest BCUT2D eigenvalue weighted by Gasteiger charge is -2.09. The number of fused-ring (bicyclic) bond motifs is 1. The Morgan fingerprint density at radius 2 is 1.79 bits per heavy atom. The molecule has 5 aromatic rings. The molecule has 0 bridgehead atoms. The number of rotatable bonds is 5. The lowest BCUT2D eigenvalue weighted by molar-refractivity contribution is -0.142. The van der Waals surface area contributed by atoms with Crippen LogP contribution in [0.2, 0.25) is 0 Å². The summed E-state index contributed by atoms with van der Waals surface area (Å²) in [6.45, 7) is 0.712. The van der Waals surface area contributed by atoms with Gasteiger partial charge in [0.1, 0.15) is 18.0 Å². The zero-order valence-corrected chi connectivity index (χ0v) is 18.0. The second kappa shape index (κ2) is 8.58. The molecule has 0 fully saturated rings. The van der Waals surface area contributed by atoms with Gasteiger partial charge in [0, 0.05) is 35.1 Å². The number of ether oxygens (including phenoxy) is 1. The molecule has 0 radical (unpaired) electrons. The Kier molecular flexibility index (Phi) is 5.45. The summed E-state index contributed by atoms with van der Waals surface area (Å²) >= 11 is 0. The number of nitrogens with zero attached hydrogens (tertiary/aromatic N) is 5. The number of aromatic nitrogens is 5. The second-order valence-electron chi connectivity index (χ2n) is 7.72. The van der Waals surface area contributed by atoms with Crippen molar-refractivity contribution >= 4 is 10.9 Å².